The van der Waals surface area contributed by atoms with Gasteiger partial charge in [0.1, 0.15) is 0 Å². The Morgan fingerprint density at radius 2 is 0.711 bits per heavy atom. The molecule has 0 N–H and O–H groups in total. The summed E-state index contributed by atoms with van der Waals surface area (Å²) < 4.78 is 4.96. The number of nitrogens with zero attached hydrogens (tertiary/aromatic N) is 3. The van der Waals surface area contributed by atoms with Crippen molar-refractivity contribution in [2.24, 2.45) is 0 Å². The van der Waals surface area contributed by atoms with Gasteiger partial charge in [0.15, 0.2) is 0 Å². The highest BCUT2D eigenvalue weighted by molar-refractivity contribution is 6.26. The summed E-state index contributed by atoms with van der Waals surface area (Å²) in [6.07, 6.45) is 0. The topological polar surface area (TPSA) is 13.1 Å². The third-order valence-corrected chi connectivity index (χ3v) is 16.5. The first-order valence-electron chi connectivity index (χ1n) is 26.3. The molecule has 354 valence electrons. The Kier molecular flexibility index (Phi) is 9.25. The molecule has 2 heterocycles. The fraction of sp³-hybridized carbons (Fsp3) is 0.0137. The quantitative estimate of drug-likeness (QED) is 0.155. The molecule has 2 aromatic heterocycles. The van der Waals surface area contributed by atoms with Crippen molar-refractivity contribution >= 4 is 60.7 Å². The van der Waals surface area contributed by atoms with E-state index in [-0.39, 0.29) is 0 Å². The zero-order valence-electron chi connectivity index (χ0n) is 41.5. The van der Waals surface area contributed by atoms with Gasteiger partial charge in [-0.25, -0.2) is 0 Å². The van der Waals surface area contributed by atoms with Crippen LogP contribution in [0.5, 0.6) is 0 Å². The number of hydrogen-bond acceptors (Lipinski definition) is 1. The first-order chi connectivity index (χ1) is 37.8. The molecule has 16 rings (SSSR count). The molecule has 0 aliphatic heterocycles. The molecule has 0 atom stereocenters. The summed E-state index contributed by atoms with van der Waals surface area (Å²) in [7, 11) is 0. The van der Waals surface area contributed by atoms with Crippen molar-refractivity contribution in [1.29, 1.82) is 0 Å². The number of fused-ring (bicyclic) bond motifs is 17. The molecule has 0 saturated heterocycles. The molecule has 0 saturated carbocycles. The van der Waals surface area contributed by atoms with Crippen LogP contribution in [0.15, 0.2) is 285 Å². The van der Waals surface area contributed by atoms with Crippen LogP contribution in [-0.2, 0) is 5.41 Å². The summed E-state index contributed by atoms with van der Waals surface area (Å²) in [6, 6.07) is 106. The molecular weight excluding hydrogens is 919 g/mol. The Bertz CT molecular complexity index is 4540. The van der Waals surface area contributed by atoms with Gasteiger partial charge in [0.25, 0.3) is 0 Å². The lowest BCUT2D eigenvalue weighted by Gasteiger charge is -2.36. The smallest absolute Gasteiger partial charge is 0.0789 e. The number of para-hydroxylation sites is 3. The third kappa shape index (κ3) is 5.94. The van der Waals surface area contributed by atoms with Crippen LogP contribution in [0.1, 0.15) is 22.3 Å². The SMILES string of the molecule is c1ccc(-c2ccc(N(c3ccc(-c4cccc5c4c4ccc6c7ccccc7n(-c7ccccc7)c6c4n5-c4ccccc4)cc3)c3cccc4c3C3(c5ccccc5-c5ccccc53)c3ccccc3-4)cc2)cc1. The fourth-order valence-electron chi connectivity index (χ4n) is 13.5. The van der Waals surface area contributed by atoms with Crippen LogP contribution in [0.25, 0.3) is 99.5 Å². The Morgan fingerprint density at radius 3 is 1.34 bits per heavy atom. The van der Waals surface area contributed by atoms with Crippen LogP contribution >= 0.6 is 0 Å². The lowest BCUT2D eigenvalue weighted by Crippen LogP contribution is -2.28. The molecule has 0 radical (unpaired) electrons. The van der Waals surface area contributed by atoms with Gasteiger partial charge >= 0.3 is 0 Å². The van der Waals surface area contributed by atoms with Gasteiger partial charge in [-0.1, -0.05) is 218 Å². The van der Waals surface area contributed by atoms with Gasteiger partial charge < -0.3 is 14.0 Å². The maximum atomic E-state index is 2.51. The van der Waals surface area contributed by atoms with Crippen LogP contribution in [0.4, 0.5) is 17.1 Å². The number of aromatic nitrogens is 2. The predicted octanol–water partition coefficient (Wildman–Crippen LogP) is 19.0. The maximum Gasteiger partial charge on any atom is 0.0789 e. The van der Waals surface area contributed by atoms with Crippen molar-refractivity contribution in [3.63, 3.8) is 0 Å². The number of benzene rings is 12. The summed E-state index contributed by atoms with van der Waals surface area (Å²) >= 11 is 0. The van der Waals surface area contributed by atoms with Gasteiger partial charge in [-0.15, -0.1) is 0 Å². The van der Waals surface area contributed by atoms with Crippen LogP contribution < -0.4 is 4.90 Å². The van der Waals surface area contributed by atoms with Gasteiger partial charge in [0, 0.05) is 49.9 Å². The highest BCUT2D eigenvalue weighted by atomic mass is 15.1. The van der Waals surface area contributed by atoms with Gasteiger partial charge in [0.2, 0.25) is 0 Å². The molecule has 1 spiro atoms. The fourth-order valence-corrected chi connectivity index (χ4v) is 13.5. The summed E-state index contributed by atoms with van der Waals surface area (Å²) in [6.45, 7) is 0. The van der Waals surface area contributed by atoms with E-state index in [1.165, 1.54) is 105 Å². The average Bonchev–Trinajstić information content (AvgIpc) is 4.41. The van der Waals surface area contributed by atoms with E-state index in [0.717, 1.165) is 34.0 Å². The van der Waals surface area contributed by atoms with Crippen molar-refractivity contribution in [3.8, 4) is 55.9 Å². The van der Waals surface area contributed by atoms with E-state index < -0.39 is 5.41 Å². The first-order valence-corrected chi connectivity index (χ1v) is 26.3. The van der Waals surface area contributed by atoms with Crippen molar-refractivity contribution in [2.45, 2.75) is 5.41 Å². The average molecular weight is 966 g/mol. The summed E-state index contributed by atoms with van der Waals surface area (Å²) in [5, 5.41) is 4.92. The maximum absolute atomic E-state index is 2.51. The molecule has 0 unspecified atom stereocenters. The predicted molar refractivity (Wildman–Crippen MR) is 317 cm³/mol. The summed E-state index contributed by atoms with van der Waals surface area (Å²) in [5.74, 6) is 0. The third-order valence-electron chi connectivity index (χ3n) is 16.5. The minimum absolute atomic E-state index is 0.530. The Morgan fingerprint density at radius 1 is 0.276 bits per heavy atom. The highest BCUT2D eigenvalue weighted by Gasteiger charge is 2.53. The van der Waals surface area contributed by atoms with Crippen LogP contribution in [0.2, 0.25) is 0 Å². The molecular formula is C73H47N3. The molecule has 2 aliphatic rings. The van der Waals surface area contributed by atoms with E-state index >= 15 is 0 Å². The number of hydrogen-bond donors (Lipinski definition) is 0. The van der Waals surface area contributed by atoms with Gasteiger partial charge in [0.05, 0.1) is 33.2 Å². The summed E-state index contributed by atoms with van der Waals surface area (Å²) in [5.41, 5.74) is 25.0. The molecule has 0 bridgehead atoms. The minimum Gasteiger partial charge on any atom is -0.310 e. The first kappa shape index (κ1) is 42.5. The van der Waals surface area contributed by atoms with Gasteiger partial charge in [-0.2, -0.15) is 0 Å². The molecule has 12 aromatic carbocycles. The van der Waals surface area contributed by atoms with Crippen LogP contribution in [0.3, 0.4) is 0 Å². The molecule has 14 aromatic rings. The molecule has 3 nitrogen and oxygen atoms in total. The molecule has 76 heavy (non-hydrogen) atoms. The Hall–Kier alpha value is -9.96. The lowest BCUT2D eigenvalue weighted by atomic mass is 9.70. The van der Waals surface area contributed by atoms with Crippen molar-refractivity contribution < 1.29 is 0 Å². The zero-order valence-corrected chi connectivity index (χ0v) is 41.5. The molecule has 0 fully saturated rings. The minimum atomic E-state index is -0.530. The van der Waals surface area contributed by atoms with E-state index in [1.54, 1.807) is 0 Å². The monoisotopic (exact) mass is 965 g/mol. The van der Waals surface area contributed by atoms with Gasteiger partial charge in [-0.05, 0) is 128 Å². The Balaban J connectivity index is 0.930. The Labute approximate surface area is 441 Å². The van der Waals surface area contributed by atoms with E-state index in [0.29, 0.717) is 0 Å². The second kappa shape index (κ2) is 16.5. The van der Waals surface area contributed by atoms with Gasteiger partial charge in [-0.3, -0.25) is 0 Å². The molecule has 3 heteroatoms. The van der Waals surface area contributed by atoms with Crippen molar-refractivity contribution in [1.82, 2.24) is 9.13 Å². The lowest BCUT2D eigenvalue weighted by molar-refractivity contribution is 0.793. The van der Waals surface area contributed by atoms with Crippen LogP contribution in [0, 0.1) is 0 Å². The largest absolute Gasteiger partial charge is 0.310 e. The number of anilines is 3. The molecule has 2 aliphatic carbocycles. The second-order valence-corrected chi connectivity index (χ2v) is 20.3. The van der Waals surface area contributed by atoms with Crippen molar-refractivity contribution in [2.75, 3.05) is 4.90 Å². The summed E-state index contributed by atoms with van der Waals surface area (Å²) in [4.78, 5) is 2.51. The second-order valence-electron chi connectivity index (χ2n) is 20.3. The normalized spacial score (nSPS) is 12.8. The van der Waals surface area contributed by atoms with Crippen LogP contribution in [-0.4, -0.2) is 9.13 Å². The van der Waals surface area contributed by atoms with E-state index in [9.17, 15) is 0 Å². The van der Waals surface area contributed by atoms with E-state index in [1.807, 2.05) is 0 Å². The van der Waals surface area contributed by atoms with E-state index in [4.69, 9.17) is 0 Å². The molecule has 0 amide bonds. The van der Waals surface area contributed by atoms with Crippen molar-refractivity contribution in [3.05, 3.63) is 307 Å². The standard InChI is InChI=1S/C73H47N3/c1-4-20-48(21-5-1)49-38-42-53(43-39-49)74(68-37-19-31-60-58-28-12-16-34-65(58)73(70(60)68)63-32-14-10-26-56(63)57-27-11-15-33-64(57)73)54-44-40-50(41-45-54)55-30-18-36-67-69(55)62-47-46-61-59-29-13-17-35-66(59)75(51-22-6-2-7-23-51)71(61)72(62)76(67)52-24-8-3-9-25-52/h1-47H. The highest BCUT2D eigenvalue weighted by Crippen LogP contribution is 2.65. The van der Waals surface area contributed by atoms with E-state index in [2.05, 4.69) is 299 Å². The number of rotatable bonds is 7. The zero-order chi connectivity index (χ0) is 49.9.